The highest BCUT2D eigenvalue weighted by Crippen LogP contribution is 2.29. The molecule has 2 N–H and O–H groups in total. The first-order chi connectivity index (χ1) is 9.27. The minimum Gasteiger partial charge on any atom is -0.346 e. The minimum absolute atomic E-state index is 0.203. The lowest BCUT2D eigenvalue weighted by atomic mass is 10.0. The van der Waals surface area contributed by atoms with Crippen LogP contribution < -0.4 is 5.73 Å². The number of hydrogen-bond donors (Lipinski definition) is 1. The molecule has 2 heterocycles. The molecule has 0 amide bonds. The van der Waals surface area contributed by atoms with E-state index in [2.05, 4.69) is 13.8 Å². The van der Waals surface area contributed by atoms with Crippen LogP contribution in [-0.2, 0) is 16.6 Å². The quantitative estimate of drug-likeness (QED) is 0.922. The summed E-state index contributed by atoms with van der Waals surface area (Å²) in [6.45, 7) is 9.81. The van der Waals surface area contributed by atoms with Gasteiger partial charge in [0, 0.05) is 37.6 Å². The van der Waals surface area contributed by atoms with E-state index in [-0.39, 0.29) is 6.04 Å². The lowest BCUT2D eigenvalue weighted by molar-refractivity contribution is 0.463. The minimum atomic E-state index is -3.39. The Morgan fingerprint density at radius 3 is 2.25 bits per heavy atom. The zero-order valence-corrected chi connectivity index (χ0v) is 13.5. The molecule has 2 unspecified atom stereocenters. The normalized spacial score (nSPS) is 24.7. The van der Waals surface area contributed by atoms with Crippen molar-refractivity contribution in [2.45, 2.75) is 45.2 Å². The summed E-state index contributed by atoms with van der Waals surface area (Å²) >= 11 is 0. The average Bonchev–Trinajstić information content (AvgIpc) is 2.94. The van der Waals surface area contributed by atoms with E-state index < -0.39 is 10.0 Å². The maximum Gasteiger partial charge on any atom is 0.244 e. The predicted molar refractivity (Wildman–Crippen MR) is 79.8 cm³/mol. The predicted octanol–water partition coefficient (Wildman–Crippen LogP) is 1.80. The second-order valence-corrected chi connectivity index (χ2v) is 8.09. The molecule has 2 rings (SSSR count). The number of nitrogens with zero attached hydrogens (tertiary/aromatic N) is 2. The molecule has 20 heavy (non-hydrogen) atoms. The van der Waals surface area contributed by atoms with Crippen molar-refractivity contribution in [2.75, 3.05) is 13.1 Å². The third-order valence-electron chi connectivity index (χ3n) is 4.26. The van der Waals surface area contributed by atoms with Crippen molar-refractivity contribution in [3.63, 3.8) is 0 Å². The van der Waals surface area contributed by atoms with E-state index in [0.717, 1.165) is 5.69 Å². The largest absolute Gasteiger partial charge is 0.346 e. The third kappa shape index (κ3) is 2.64. The summed E-state index contributed by atoms with van der Waals surface area (Å²) in [6, 6.07) is 1.91. The fourth-order valence-corrected chi connectivity index (χ4v) is 4.40. The highest BCUT2D eigenvalue weighted by Gasteiger charge is 2.35. The Hall–Kier alpha value is -0.850. The first-order valence-electron chi connectivity index (χ1n) is 7.18. The molecule has 0 radical (unpaired) electrons. The first kappa shape index (κ1) is 15.5. The lowest BCUT2D eigenvalue weighted by Crippen LogP contribution is -2.28. The second kappa shape index (κ2) is 5.50. The van der Waals surface area contributed by atoms with Crippen molar-refractivity contribution in [1.29, 1.82) is 0 Å². The fraction of sp³-hybridized carbons (Fsp3) is 0.714. The van der Waals surface area contributed by atoms with Gasteiger partial charge in [-0.1, -0.05) is 13.8 Å². The summed E-state index contributed by atoms with van der Waals surface area (Å²) < 4.78 is 28.9. The van der Waals surface area contributed by atoms with Crippen LogP contribution in [0.4, 0.5) is 0 Å². The Kier molecular flexibility index (Phi) is 4.27. The van der Waals surface area contributed by atoms with Gasteiger partial charge in [-0.05, 0) is 31.7 Å². The van der Waals surface area contributed by atoms with Gasteiger partial charge in [-0.2, -0.15) is 4.31 Å². The molecule has 6 heteroatoms. The third-order valence-corrected chi connectivity index (χ3v) is 6.06. The van der Waals surface area contributed by atoms with Crippen LogP contribution >= 0.6 is 0 Å². The van der Waals surface area contributed by atoms with Gasteiger partial charge < -0.3 is 10.3 Å². The fourth-order valence-electron chi connectivity index (χ4n) is 2.70. The zero-order valence-electron chi connectivity index (χ0n) is 12.7. The Morgan fingerprint density at radius 1 is 1.30 bits per heavy atom. The van der Waals surface area contributed by atoms with Crippen molar-refractivity contribution in [3.05, 3.63) is 18.0 Å². The summed E-state index contributed by atoms with van der Waals surface area (Å²) in [7, 11) is -3.39. The van der Waals surface area contributed by atoms with Gasteiger partial charge in [-0.15, -0.1) is 0 Å². The van der Waals surface area contributed by atoms with Gasteiger partial charge in [-0.3, -0.25) is 0 Å². The van der Waals surface area contributed by atoms with E-state index in [1.54, 1.807) is 16.6 Å². The summed E-state index contributed by atoms with van der Waals surface area (Å²) in [5.74, 6) is 0.817. The van der Waals surface area contributed by atoms with Crippen LogP contribution in [0.15, 0.2) is 17.2 Å². The van der Waals surface area contributed by atoms with Crippen LogP contribution in [0, 0.1) is 11.8 Å². The zero-order chi connectivity index (χ0) is 15.1. The van der Waals surface area contributed by atoms with E-state index in [1.165, 1.54) is 0 Å². The SMILES string of the molecule is CC1CN(S(=O)(=O)c2cc(CN)n(C(C)C)c2)CC1C. The Labute approximate surface area is 121 Å². The van der Waals surface area contributed by atoms with Crippen molar-refractivity contribution in [3.8, 4) is 0 Å². The molecular formula is C14H25N3O2S. The molecule has 1 fully saturated rings. The van der Waals surface area contributed by atoms with Crippen molar-refractivity contribution in [1.82, 2.24) is 8.87 Å². The topological polar surface area (TPSA) is 68.3 Å². The molecule has 0 aliphatic carbocycles. The highest BCUT2D eigenvalue weighted by atomic mass is 32.2. The number of aromatic nitrogens is 1. The summed E-state index contributed by atoms with van der Waals surface area (Å²) in [5.41, 5.74) is 6.57. The van der Waals surface area contributed by atoms with E-state index in [9.17, 15) is 8.42 Å². The molecule has 1 aliphatic rings. The summed E-state index contributed by atoms with van der Waals surface area (Å²) in [6.07, 6.45) is 1.72. The maximum absolute atomic E-state index is 12.7. The average molecular weight is 299 g/mol. The molecule has 0 aromatic carbocycles. The van der Waals surface area contributed by atoms with Crippen molar-refractivity contribution < 1.29 is 8.42 Å². The lowest BCUT2D eigenvalue weighted by Gasteiger charge is -2.15. The van der Waals surface area contributed by atoms with Crippen LogP contribution in [0.1, 0.15) is 39.4 Å². The standard InChI is InChI=1S/C14H25N3O2S/c1-10(2)17-9-14(5-13(17)6-15)20(18,19)16-7-11(3)12(4)8-16/h5,9-12H,6-8,15H2,1-4H3. The number of sulfonamides is 1. The summed E-state index contributed by atoms with van der Waals surface area (Å²) in [4.78, 5) is 0.368. The molecule has 1 aliphatic heterocycles. The van der Waals surface area contributed by atoms with Gasteiger partial charge in [0.2, 0.25) is 10.0 Å². The van der Waals surface area contributed by atoms with Gasteiger partial charge in [0.15, 0.2) is 0 Å². The van der Waals surface area contributed by atoms with Gasteiger partial charge in [0.25, 0.3) is 0 Å². The number of rotatable bonds is 4. The second-order valence-electron chi connectivity index (χ2n) is 6.15. The Balaban J connectivity index is 2.35. The van der Waals surface area contributed by atoms with E-state index in [1.807, 2.05) is 18.4 Å². The van der Waals surface area contributed by atoms with Gasteiger partial charge in [0.05, 0.1) is 0 Å². The van der Waals surface area contributed by atoms with Crippen LogP contribution in [0.3, 0.4) is 0 Å². The van der Waals surface area contributed by atoms with Crippen molar-refractivity contribution >= 4 is 10.0 Å². The molecular weight excluding hydrogens is 274 g/mol. The summed E-state index contributed by atoms with van der Waals surface area (Å²) in [5, 5.41) is 0. The van der Waals surface area contributed by atoms with Crippen LogP contribution in [-0.4, -0.2) is 30.4 Å². The maximum atomic E-state index is 12.7. The smallest absolute Gasteiger partial charge is 0.244 e. The number of hydrogen-bond acceptors (Lipinski definition) is 3. The van der Waals surface area contributed by atoms with Gasteiger partial charge in [-0.25, -0.2) is 8.42 Å². The van der Waals surface area contributed by atoms with Crippen molar-refractivity contribution in [2.24, 2.45) is 17.6 Å². The van der Waals surface area contributed by atoms with E-state index in [0.29, 0.717) is 36.4 Å². The molecule has 0 bridgehead atoms. The molecule has 1 saturated heterocycles. The van der Waals surface area contributed by atoms with Crippen LogP contribution in [0.25, 0.3) is 0 Å². The van der Waals surface area contributed by atoms with Gasteiger partial charge >= 0.3 is 0 Å². The molecule has 0 saturated carbocycles. The van der Waals surface area contributed by atoms with Gasteiger partial charge in [0.1, 0.15) is 4.90 Å². The van der Waals surface area contributed by atoms with E-state index in [4.69, 9.17) is 5.73 Å². The molecule has 114 valence electrons. The van der Waals surface area contributed by atoms with Crippen LogP contribution in [0.5, 0.6) is 0 Å². The number of nitrogens with two attached hydrogens (primary N) is 1. The Morgan fingerprint density at radius 2 is 1.85 bits per heavy atom. The first-order valence-corrected chi connectivity index (χ1v) is 8.62. The molecule has 5 nitrogen and oxygen atoms in total. The molecule has 1 aromatic rings. The van der Waals surface area contributed by atoms with E-state index >= 15 is 0 Å². The molecule has 2 atom stereocenters. The monoisotopic (exact) mass is 299 g/mol. The highest BCUT2D eigenvalue weighted by molar-refractivity contribution is 7.89. The Bertz CT molecular complexity index is 567. The molecule has 1 aromatic heterocycles. The van der Waals surface area contributed by atoms with Crippen LogP contribution in [0.2, 0.25) is 0 Å². The molecule has 0 spiro atoms.